The van der Waals surface area contributed by atoms with E-state index in [1.165, 1.54) is 11.3 Å². The lowest BCUT2D eigenvalue weighted by Crippen LogP contribution is -2.30. The number of anilines is 2. The summed E-state index contributed by atoms with van der Waals surface area (Å²) in [6.07, 6.45) is 1.61. The topological polar surface area (TPSA) is 75.9 Å². The second-order valence-electron chi connectivity index (χ2n) is 6.15. The van der Waals surface area contributed by atoms with Gasteiger partial charge in [-0.2, -0.15) is 5.10 Å². The van der Waals surface area contributed by atoms with Crippen molar-refractivity contribution in [1.29, 1.82) is 0 Å². The van der Waals surface area contributed by atoms with Crippen LogP contribution in [0.15, 0.2) is 54.0 Å². The lowest BCUT2D eigenvalue weighted by Gasteiger charge is -2.19. The molecule has 0 fully saturated rings. The molecule has 3 heterocycles. The molecule has 0 aliphatic carbocycles. The van der Waals surface area contributed by atoms with Crippen LogP contribution in [0.2, 0.25) is 0 Å². The van der Waals surface area contributed by atoms with Gasteiger partial charge in [0, 0.05) is 13.1 Å². The highest BCUT2D eigenvalue weighted by atomic mass is 32.1. The van der Waals surface area contributed by atoms with Crippen LogP contribution in [0, 0.1) is 0 Å². The number of rotatable bonds is 7. The molecule has 4 aromatic rings. The summed E-state index contributed by atoms with van der Waals surface area (Å²) in [6.45, 7) is 5.20. The van der Waals surface area contributed by atoms with Gasteiger partial charge in [-0.15, -0.1) is 21.5 Å². The van der Waals surface area contributed by atoms with Gasteiger partial charge < -0.3 is 10.2 Å². The van der Waals surface area contributed by atoms with Gasteiger partial charge in [0.15, 0.2) is 5.01 Å². The number of aromatic nitrogens is 4. The van der Waals surface area contributed by atoms with E-state index in [1.54, 1.807) is 27.1 Å². The maximum Gasteiger partial charge on any atom is 0.259 e. The first-order chi connectivity index (χ1) is 14.2. The number of para-hydroxylation sites is 1. The van der Waals surface area contributed by atoms with Crippen LogP contribution in [-0.2, 0) is 0 Å². The first kappa shape index (κ1) is 19.3. The zero-order valence-corrected chi connectivity index (χ0v) is 17.7. The molecular formula is C20H20N6OS2. The zero-order chi connectivity index (χ0) is 20.2. The van der Waals surface area contributed by atoms with Crippen LogP contribution in [0.3, 0.4) is 0 Å². The van der Waals surface area contributed by atoms with Crippen molar-refractivity contribution in [3.8, 4) is 15.6 Å². The van der Waals surface area contributed by atoms with Crippen LogP contribution in [0.25, 0.3) is 15.6 Å². The second-order valence-corrected chi connectivity index (χ2v) is 8.07. The summed E-state index contributed by atoms with van der Waals surface area (Å²) in [5.74, 6) is 0.518. The second kappa shape index (κ2) is 8.54. The number of amides is 1. The zero-order valence-electron chi connectivity index (χ0n) is 16.1. The number of hydrogen-bond donors (Lipinski definition) is 1. The van der Waals surface area contributed by atoms with E-state index in [0.29, 0.717) is 29.6 Å². The summed E-state index contributed by atoms with van der Waals surface area (Å²) in [6, 6.07) is 13.7. The third kappa shape index (κ3) is 3.92. The molecule has 0 unspecified atom stereocenters. The minimum Gasteiger partial charge on any atom is -0.339 e. The molecule has 9 heteroatoms. The van der Waals surface area contributed by atoms with E-state index in [2.05, 4.69) is 20.6 Å². The molecule has 7 nitrogen and oxygen atoms in total. The molecular weight excluding hydrogens is 404 g/mol. The number of carbonyl (C=O) groups is 1. The normalized spacial score (nSPS) is 10.8. The summed E-state index contributed by atoms with van der Waals surface area (Å²) in [7, 11) is 0. The standard InChI is InChI=1S/C20H20N6OS2/c1-3-25(4-2)19(27)15-13-21-26(14-9-6-5-7-10-14)17(15)22-20-24-23-18(29-20)16-11-8-12-28-16/h5-13H,3-4H2,1-2H3,(H,22,24). The van der Waals surface area contributed by atoms with Gasteiger partial charge in [-0.25, -0.2) is 4.68 Å². The van der Waals surface area contributed by atoms with Crippen molar-refractivity contribution >= 4 is 39.5 Å². The molecule has 0 saturated heterocycles. The Morgan fingerprint density at radius 1 is 1.10 bits per heavy atom. The fourth-order valence-electron chi connectivity index (χ4n) is 2.95. The summed E-state index contributed by atoms with van der Waals surface area (Å²) >= 11 is 3.06. The number of nitrogens with zero attached hydrogens (tertiary/aromatic N) is 5. The Bertz CT molecular complexity index is 1080. The summed E-state index contributed by atoms with van der Waals surface area (Å²) in [5.41, 5.74) is 1.36. The third-order valence-electron chi connectivity index (χ3n) is 4.43. The van der Waals surface area contributed by atoms with Gasteiger partial charge in [0.05, 0.1) is 16.8 Å². The molecule has 29 heavy (non-hydrogen) atoms. The molecule has 0 bridgehead atoms. The molecule has 0 atom stereocenters. The lowest BCUT2D eigenvalue weighted by atomic mass is 10.2. The van der Waals surface area contributed by atoms with Gasteiger partial charge in [0.1, 0.15) is 11.4 Å². The van der Waals surface area contributed by atoms with Crippen molar-refractivity contribution < 1.29 is 4.79 Å². The predicted octanol–water partition coefficient (Wildman–Crippen LogP) is 4.68. The van der Waals surface area contributed by atoms with Crippen molar-refractivity contribution in [2.75, 3.05) is 18.4 Å². The summed E-state index contributed by atoms with van der Waals surface area (Å²) in [4.78, 5) is 15.9. The molecule has 1 N–H and O–H groups in total. The van der Waals surface area contributed by atoms with Crippen LogP contribution in [-0.4, -0.2) is 43.9 Å². The molecule has 0 spiro atoms. The third-order valence-corrected chi connectivity index (χ3v) is 6.31. The largest absolute Gasteiger partial charge is 0.339 e. The Kier molecular flexibility index (Phi) is 5.68. The number of benzene rings is 1. The quantitative estimate of drug-likeness (QED) is 0.466. The first-order valence-corrected chi connectivity index (χ1v) is 11.0. The van der Waals surface area contributed by atoms with Crippen LogP contribution in [0.1, 0.15) is 24.2 Å². The highest BCUT2D eigenvalue weighted by molar-refractivity contribution is 7.22. The number of carbonyl (C=O) groups excluding carboxylic acids is 1. The van der Waals surface area contributed by atoms with Gasteiger partial charge in [0.25, 0.3) is 5.91 Å². The average Bonchev–Trinajstić information content (AvgIpc) is 3.50. The van der Waals surface area contributed by atoms with E-state index >= 15 is 0 Å². The molecule has 4 rings (SSSR count). The number of nitrogens with one attached hydrogen (secondary N) is 1. The van der Waals surface area contributed by atoms with E-state index in [9.17, 15) is 4.79 Å². The number of hydrogen-bond acceptors (Lipinski definition) is 7. The van der Waals surface area contributed by atoms with Gasteiger partial charge in [-0.1, -0.05) is 35.6 Å². The fourth-order valence-corrected chi connectivity index (χ4v) is 4.48. The van der Waals surface area contributed by atoms with E-state index < -0.39 is 0 Å². The van der Waals surface area contributed by atoms with Gasteiger partial charge >= 0.3 is 0 Å². The van der Waals surface area contributed by atoms with Gasteiger partial charge in [0.2, 0.25) is 5.13 Å². The molecule has 1 amide bonds. The smallest absolute Gasteiger partial charge is 0.259 e. The van der Waals surface area contributed by atoms with Gasteiger partial charge in [-0.05, 0) is 37.4 Å². The van der Waals surface area contributed by atoms with Crippen LogP contribution in [0.5, 0.6) is 0 Å². The molecule has 0 aliphatic heterocycles. The SMILES string of the molecule is CCN(CC)C(=O)c1cnn(-c2ccccc2)c1Nc1nnc(-c2cccs2)s1. The molecule has 148 valence electrons. The van der Waals surface area contributed by atoms with Crippen molar-refractivity contribution in [3.05, 3.63) is 59.6 Å². The average molecular weight is 425 g/mol. The molecule has 1 aromatic carbocycles. The number of thiophene rings is 1. The first-order valence-electron chi connectivity index (χ1n) is 9.28. The Morgan fingerprint density at radius 3 is 2.59 bits per heavy atom. The Hall–Kier alpha value is -3.04. The minimum atomic E-state index is -0.0670. The Labute approximate surface area is 176 Å². The summed E-state index contributed by atoms with van der Waals surface area (Å²) < 4.78 is 1.73. The monoisotopic (exact) mass is 424 g/mol. The van der Waals surface area contributed by atoms with Crippen LogP contribution in [0.4, 0.5) is 10.9 Å². The molecule has 0 aliphatic rings. The molecule has 0 radical (unpaired) electrons. The van der Waals surface area contributed by atoms with Gasteiger partial charge in [-0.3, -0.25) is 4.79 Å². The van der Waals surface area contributed by atoms with E-state index in [4.69, 9.17) is 0 Å². The van der Waals surface area contributed by atoms with Crippen molar-refractivity contribution in [2.24, 2.45) is 0 Å². The predicted molar refractivity (Wildman–Crippen MR) is 117 cm³/mol. The van der Waals surface area contributed by atoms with Crippen molar-refractivity contribution in [2.45, 2.75) is 13.8 Å². The van der Waals surface area contributed by atoms with E-state index in [-0.39, 0.29) is 5.91 Å². The molecule has 0 saturated carbocycles. The fraction of sp³-hybridized carbons (Fsp3) is 0.200. The van der Waals surface area contributed by atoms with Crippen LogP contribution >= 0.6 is 22.7 Å². The highest BCUT2D eigenvalue weighted by Gasteiger charge is 2.23. The van der Waals surface area contributed by atoms with Crippen molar-refractivity contribution in [3.63, 3.8) is 0 Å². The van der Waals surface area contributed by atoms with E-state index in [1.807, 2.05) is 61.7 Å². The summed E-state index contributed by atoms with van der Waals surface area (Å²) in [5, 5.41) is 19.8. The van der Waals surface area contributed by atoms with Crippen molar-refractivity contribution in [1.82, 2.24) is 24.9 Å². The van der Waals surface area contributed by atoms with E-state index in [0.717, 1.165) is 15.6 Å². The maximum atomic E-state index is 13.1. The molecule has 3 aromatic heterocycles. The maximum absolute atomic E-state index is 13.1. The minimum absolute atomic E-state index is 0.0670. The Balaban J connectivity index is 1.73. The highest BCUT2D eigenvalue weighted by Crippen LogP contribution is 2.32. The van der Waals surface area contributed by atoms with Crippen LogP contribution < -0.4 is 5.32 Å². The Morgan fingerprint density at radius 2 is 1.90 bits per heavy atom. The lowest BCUT2D eigenvalue weighted by molar-refractivity contribution is 0.0774.